The number of hydrogen-bond acceptors (Lipinski definition) is 4. The maximum Gasteiger partial charge on any atom is 0.321 e. The Kier molecular flexibility index (Phi) is 6.41. The van der Waals surface area contributed by atoms with E-state index >= 15 is 0 Å². The molecule has 0 radical (unpaired) electrons. The van der Waals surface area contributed by atoms with E-state index < -0.39 is 5.97 Å². The summed E-state index contributed by atoms with van der Waals surface area (Å²) in [6.45, 7) is 1.97. The Morgan fingerprint density at radius 3 is 2.67 bits per heavy atom. The minimum atomic E-state index is -0.424. The van der Waals surface area contributed by atoms with Gasteiger partial charge in [0.2, 0.25) is 5.91 Å². The molecule has 0 unspecified atom stereocenters. The highest BCUT2D eigenvalue weighted by atomic mass is 35.5. The van der Waals surface area contributed by atoms with Crippen molar-refractivity contribution >= 4 is 23.5 Å². The van der Waals surface area contributed by atoms with Gasteiger partial charge < -0.3 is 4.74 Å². The fourth-order valence-electron chi connectivity index (χ4n) is 0.460. The molecule has 0 spiro atoms. The molecule has 5 nitrogen and oxygen atoms in total. The van der Waals surface area contributed by atoms with Crippen LogP contribution < -0.4 is 10.9 Å². The third-order valence-electron chi connectivity index (χ3n) is 0.887. The highest BCUT2D eigenvalue weighted by Gasteiger charge is 2.01. The summed E-state index contributed by atoms with van der Waals surface area (Å²) in [5, 5.41) is 0. The zero-order valence-corrected chi connectivity index (χ0v) is 7.48. The van der Waals surface area contributed by atoms with Gasteiger partial charge in [0.25, 0.3) is 0 Å². The Balaban J connectivity index is 3.30. The van der Waals surface area contributed by atoms with Gasteiger partial charge in [0.1, 0.15) is 12.4 Å². The summed E-state index contributed by atoms with van der Waals surface area (Å²) in [5.74, 6) is -0.955. The summed E-state index contributed by atoms with van der Waals surface area (Å²) in [6, 6.07) is 0. The molecule has 1 amide bonds. The number of alkyl halides is 1. The summed E-state index contributed by atoms with van der Waals surface area (Å²) in [4.78, 5) is 21.1. The van der Waals surface area contributed by atoms with Crippen LogP contribution in [0.25, 0.3) is 0 Å². The number of esters is 1. The van der Waals surface area contributed by atoms with E-state index in [4.69, 9.17) is 11.6 Å². The lowest BCUT2D eigenvalue weighted by Gasteiger charge is -2.04. The number of rotatable bonds is 5. The molecule has 0 aliphatic carbocycles. The van der Waals surface area contributed by atoms with E-state index in [1.165, 1.54) is 0 Å². The Bertz CT molecular complexity index is 163. The topological polar surface area (TPSA) is 67.4 Å². The molecular formula is C6H11ClN2O3. The number of halogens is 1. The first kappa shape index (κ1) is 11.2. The molecule has 6 heteroatoms. The first-order valence-electron chi connectivity index (χ1n) is 3.44. The second-order valence-electron chi connectivity index (χ2n) is 1.84. The molecule has 0 saturated carbocycles. The van der Waals surface area contributed by atoms with Crippen LogP contribution in [-0.4, -0.2) is 30.9 Å². The van der Waals surface area contributed by atoms with Crippen LogP contribution in [0.3, 0.4) is 0 Å². The Morgan fingerprint density at radius 1 is 1.50 bits per heavy atom. The van der Waals surface area contributed by atoms with Gasteiger partial charge in [-0.2, -0.15) is 0 Å². The summed E-state index contributed by atoms with van der Waals surface area (Å²) in [6.07, 6.45) is 0. The van der Waals surface area contributed by atoms with Gasteiger partial charge in [-0.25, -0.2) is 5.43 Å². The first-order valence-corrected chi connectivity index (χ1v) is 3.97. The average Bonchev–Trinajstić information content (AvgIpc) is 2.04. The standard InChI is InChI=1S/C6H11ClN2O3/c1-2-12-6(11)4-8-9-5(10)3-7/h8H,2-4H2,1H3,(H,9,10). The normalized spacial score (nSPS) is 9.17. The van der Waals surface area contributed by atoms with Crippen molar-refractivity contribution in [2.45, 2.75) is 6.92 Å². The van der Waals surface area contributed by atoms with Gasteiger partial charge in [0.15, 0.2) is 0 Å². The Hall–Kier alpha value is -0.810. The van der Waals surface area contributed by atoms with E-state index in [9.17, 15) is 9.59 Å². The van der Waals surface area contributed by atoms with E-state index in [1.807, 2.05) is 0 Å². The molecule has 0 aromatic rings. The number of hydrazine groups is 1. The molecule has 0 bridgehead atoms. The van der Waals surface area contributed by atoms with Gasteiger partial charge in [0, 0.05) is 0 Å². The van der Waals surface area contributed by atoms with E-state index in [-0.39, 0.29) is 18.3 Å². The third kappa shape index (κ3) is 5.94. The quantitative estimate of drug-likeness (QED) is 0.349. The zero-order valence-electron chi connectivity index (χ0n) is 6.72. The molecule has 0 aliphatic rings. The fourth-order valence-corrected chi connectivity index (χ4v) is 0.527. The number of carbonyl (C=O) groups excluding carboxylic acids is 2. The molecule has 0 aromatic carbocycles. The van der Waals surface area contributed by atoms with Crippen LogP contribution in [0.5, 0.6) is 0 Å². The van der Waals surface area contributed by atoms with Gasteiger partial charge in [0.05, 0.1) is 6.61 Å². The van der Waals surface area contributed by atoms with Crippen LogP contribution in [0.4, 0.5) is 0 Å². The van der Waals surface area contributed by atoms with Gasteiger partial charge in [-0.05, 0) is 6.92 Å². The SMILES string of the molecule is CCOC(=O)CNNC(=O)CCl. The lowest BCUT2D eigenvalue weighted by Crippen LogP contribution is -2.41. The zero-order chi connectivity index (χ0) is 9.40. The Labute approximate surface area is 75.4 Å². The second kappa shape index (κ2) is 6.87. The maximum absolute atomic E-state index is 10.6. The van der Waals surface area contributed by atoms with E-state index in [0.717, 1.165) is 0 Å². The molecule has 0 rings (SSSR count). The number of amides is 1. The van der Waals surface area contributed by atoms with Crippen LogP contribution in [0.1, 0.15) is 6.92 Å². The summed E-state index contributed by atoms with van der Waals surface area (Å²) < 4.78 is 4.57. The van der Waals surface area contributed by atoms with Crippen molar-refractivity contribution in [3.8, 4) is 0 Å². The summed E-state index contributed by atoms with van der Waals surface area (Å²) >= 11 is 5.16. The number of carbonyl (C=O) groups is 2. The molecule has 2 N–H and O–H groups in total. The smallest absolute Gasteiger partial charge is 0.321 e. The van der Waals surface area contributed by atoms with Crippen LogP contribution in [-0.2, 0) is 14.3 Å². The van der Waals surface area contributed by atoms with Crippen LogP contribution in [0, 0.1) is 0 Å². The molecule has 0 atom stereocenters. The van der Waals surface area contributed by atoms with Gasteiger partial charge in [-0.1, -0.05) is 0 Å². The number of ether oxygens (including phenoxy) is 1. The molecular weight excluding hydrogens is 184 g/mol. The molecule has 70 valence electrons. The Morgan fingerprint density at radius 2 is 2.17 bits per heavy atom. The molecule has 12 heavy (non-hydrogen) atoms. The van der Waals surface area contributed by atoms with Crippen molar-refractivity contribution in [3.63, 3.8) is 0 Å². The number of hydrogen-bond donors (Lipinski definition) is 2. The van der Waals surface area contributed by atoms with Gasteiger partial charge >= 0.3 is 5.97 Å². The monoisotopic (exact) mass is 194 g/mol. The summed E-state index contributed by atoms with van der Waals surface area (Å²) in [5.41, 5.74) is 4.56. The van der Waals surface area contributed by atoms with Gasteiger partial charge in [-0.15, -0.1) is 11.6 Å². The average molecular weight is 195 g/mol. The van der Waals surface area contributed by atoms with Crippen LogP contribution in [0.2, 0.25) is 0 Å². The molecule has 0 fully saturated rings. The van der Waals surface area contributed by atoms with Crippen molar-refractivity contribution in [2.24, 2.45) is 0 Å². The van der Waals surface area contributed by atoms with Crippen molar-refractivity contribution < 1.29 is 14.3 Å². The van der Waals surface area contributed by atoms with Crippen LogP contribution >= 0.6 is 11.6 Å². The van der Waals surface area contributed by atoms with E-state index in [2.05, 4.69) is 15.6 Å². The molecule has 0 aromatic heterocycles. The fraction of sp³-hybridized carbons (Fsp3) is 0.667. The predicted octanol–water partition coefficient (Wildman–Crippen LogP) is -0.591. The molecule has 0 saturated heterocycles. The minimum absolute atomic E-state index is 0.0591. The van der Waals surface area contributed by atoms with Crippen molar-refractivity contribution in [1.29, 1.82) is 0 Å². The number of nitrogens with one attached hydrogen (secondary N) is 2. The first-order chi connectivity index (χ1) is 5.70. The van der Waals surface area contributed by atoms with Crippen molar-refractivity contribution in [2.75, 3.05) is 19.0 Å². The lowest BCUT2D eigenvalue weighted by atomic mass is 10.6. The maximum atomic E-state index is 10.6. The van der Waals surface area contributed by atoms with E-state index in [0.29, 0.717) is 6.61 Å². The van der Waals surface area contributed by atoms with E-state index in [1.54, 1.807) is 6.92 Å². The minimum Gasteiger partial charge on any atom is -0.465 e. The van der Waals surface area contributed by atoms with Crippen LogP contribution in [0.15, 0.2) is 0 Å². The molecule has 0 heterocycles. The molecule has 0 aliphatic heterocycles. The summed E-state index contributed by atoms with van der Waals surface area (Å²) in [7, 11) is 0. The van der Waals surface area contributed by atoms with Crippen molar-refractivity contribution in [1.82, 2.24) is 10.9 Å². The third-order valence-corrected chi connectivity index (χ3v) is 1.13. The lowest BCUT2D eigenvalue weighted by molar-refractivity contribution is -0.142. The highest BCUT2D eigenvalue weighted by molar-refractivity contribution is 6.27. The second-order valence-corrected chi connectivity index (χ2v) is 2.11. The van der Waals surface area contributed by atoms with Crippen molar-refractivity contribution in [3.05, 3.63) is 0 Å². The predicted molar refractivity (Wildman–Crippen MR) is 43.5 cm³/mol. The highest BCUT2D eigenvalue weighted by Crippen LogP contribution is 1.74. The largest absolute Gasteiger partial charge is 0.465 e. The van der Waals surface area contributed by atoms with Gasteiger partial charge in [-0.3, -0.25) is 15.0 Å².